The first-order valence-corrected chi connectivity index (χ1v) is 12.6. The predicted molar refractivity (Wildman–Crippen MR) is 124 cm³/mol. The molecule has 0 atom stereocenters. The first-order chi connectivity index (χ1) is 14.8. The van der Waals surface area contributed by atoms with Gasteiger partial charge in [0, 0.05) is 25.6 Å². The van der Waals surface area contributed by atoms with E-state index in [2.05, 4.69) is 0 Å². The lowest BCUT2D eigenvalue weighted by Crippen LogP contribution is -2.30. The average molecular weight is 476 g/mol. The van der Waals surface area contributed by atoms with Crippen LogP contribution in [0.25, 0.3) is 6.08 Å². The highest BCUT2D eigenvalue weighted by atomic mass is 32.2. The number of benzene rings is 1. The molecule has 10 heteroatoms. The quantitative estimate of drug-likeness (QED) is 0.405. The van der Waals surface area contributed by atoms with Crippen LogP contribution in [0.5, 0.6) is 0 Å². The number of nitrogens with zero attached hydrogens (tertiary/aromatic N) is 3. The molecule has 0 bridgehead atoms. The Labute approximate surface area is 191 Å². The van der Waals surface area contributed by atoms with Gasteiger partial charge in [0.05, 0.1) is 23.8 Å². The molecule has 1 aliphatic rings. The average Bonchev–Trinajstić information content (AvgIpc) is 3.27. The molecule has 1 aromatic carbocycles. The Kier molecular flexibility index (Phi) is 7.67. The molecule has 1 amide bonds. The van der Waals surface area contributed by atoms with Crippen molar-refractivity contribution in [1.82, 2.24) is 9.21 Å². The van der Waals surface area contributed by atoms with Gasteiger partial charge in [-0.3, -0.25) is 9.69 Å². The second kappa shape index (κ2) is 10.2. The minimum Gasteiger partial charge on any atom is -0.460 e. The number of carbonyl (C=O) groups is 1. The summed E-state index contributed by atoms with van der Waals surface area (Å²) in [6.07, 6.45) is 3.50. The van der Waals surface area contributed by atoms with Crippen LogP contribution in [0.3, 0.4) is 0 Å². The molecule has 2 aromatic rings. The Morgan fingerprint density at radius 2 is 2.00 bits per heavy atom. The maximum atomic E-state index is 12.8. The van der Waals surface area contributed by atoms with Gasteiger partial charge in [0.25, 0.3) is 5.91 Å². The fourth-order valence-corrected chi connectivity index (χ4v) is 5.05. The van der Waals surface area contributed by atoms with Crippen molar-refractivity contribution in [3.8, 4) is 6.07 Å². The summed E-state index contributed by atoms with van der Waals surface area (Å²) in [5.41, 5.74) is 1.13. The van der Waals surface area contributed by atoms with Gasteiger partial charge < -0.3 is 4.42 Å². The summed E-state index contributed by atoms with van der Waals surface area (Å²) in [6.45, 7) is 0.607. The fourth-order valence-electron chi connectivity index (χ4n) is 2.98. The molecule has 1 aliphatic heterocycles. The molecule has 7 nitrogen and oxygen atoms in total. The van der Waals surface area contributed by atoms with Crippen molar-refractivity contribution >= 4 is 50.3 Å². The van der Waals surface area contributed by atoms with Gasteiger partial charge in [-0.15, -0.1) is 0 Å². The fraction of sp³-hybridized carbons (Fsp3) is 0.286. The van der Waals surface area contributed by atoms with Gasteiger partial charge in [-0.1, -0.05) is 54.3 Å². The highest BCUT2D eigenvalue weighted by molar-refractivity contribution is 8.26. The van der Waals surface area contributed by atoms with Crippen LogP contribution in [-0.4, -0.2) is 47.2 Å². The molecule has 1 fully saturated rings. The number of nitriles is 1. The number of thioether (sulfide) groups is 1. The molecule has 1 saturated heterocycles. The molecular formula is C21H21N3O4S3. The number of thiocarbonyl (C=S) groups is 1. The third-order valence-corrected chi connectivity index (χ3v) is 7.20. The molecule has 3 rings (SSSR count). The third kappa shape index (κ3) is 6.27. The topological polar surface area (TPSA) is 94.6 Å². The van der Waals surface area contributed by atoms with E-state index in [4.69, 9.17) is 21.9 Å². The monoisotopic (exact) mass is 475 g/mol. The van der Waals surface area contributed by atoms with Crippen LogP contribution in [0.1, 0.15) is 23.5 Å². The van der Waals surface area contributed by atoms with Crippen LogP contribution in [0, 0.1) is 11.3 Å². The molecule has 2 heterocycles. The third-order valence-electron chi connectivity index (χ3n) is 4.57. The maximum Gasteiger partial charge on any atom is 0.266 e. The van der Waals surface area contributed by atoms with Gasteiger partial charge >= 0.3 is 0 Å². The second-order valence-corrected chi connectivity index (χ2v) is 10.5. The van der Waals surface area contributed by atoms with Gasteiger partial charge in [0.15, 0.2) is 0 Å². The van der Waals surface area contributed by atoms with Gasteiger partial charge in [0.2, 0.25) is 10.0 Å². The molecule has 0 radical (unpaired) electrons. The minimum atomic E-state index is -3.48. The minimum absolute atomic E-state index is 0.0202. The van der Waals surface area contributed by atoms with Crippen LogP contribution in [0.4, 0.5) is 0 Å². The van der Waals surface area contributed by atoms with Gasteiger partial charge in [-0.05, 0) is 24.1 Å². The molecule has 0 unspecified atom stereocenters. The van der Waals surface area contributed by atoms with Crippen molar-refractivity contribution in [3.05, 3.63) is 64.5 Å². The second-order valence-electron chi connectivity index (χ2n) is 6.88. The van der Waals surface area contributed by atoms with Crippen molar-refractivity contribution in [2.75, 3.05) is 19.3 Å². The number of hydrogen-bond donors (Lipinski definition) is 0. The summed E-state index contributed by atoms with van der Waals surface area (Å²) in [6, 6.07) is 15.2. The maximum absolute atomic E-state index is 12.8. The van der Waals surface area contributed by atoms with E-state index in [1.165, 1.54) is 16.1 Å². The van der Waals surface area contributed by atoms with Gasteiger partial charge in [0.1, 0.15) is 15.8 Å². The number of sulfonamides is 1. The molecular weight excluding hydrogens is 454 g/mol. The summed E-state index contributed by atoms with van der Waals surface area (Å²) >= 11 is 6.58. The van der Waals surface area contributed by atoms with E-state index in [-0.39, 0.29) is 25.4 Å². The Morgan fingerprint density at radius 1 is 1.26 bits per heavy atom. The van der Waals surface area contributed by atoms with E-state index in [1.54, 1.807) is 23.1 Å². The summed E-state index contributed by atoms with van der Waals surface area (Å²) in [4.78, 5) is 14.8. The molecule has 1 aromatic heterocycles. The van der Waals surface area contributed by atoms with Crippen LogP contribution >= 0.6 is 24.0 Å². The summed E-state index contributed by atoms with van der Waals surface area (Å²) in [5, 5.41) is 8.73. The van der Waals surface area contributed by atoms with Crippen molar-refractivity contribution in [3.63, 3.8) is 0 Å². The highest BCUT2D eigenvalue weighted by Crippen LogP contribution is 2.33. The Hall–Kier alpha value is -2.45. The Bertz CT molecular complexity index is 1130. The van der Waals surface area contributed by atoms with E-state index < -0.39 is 10.0 Å². The number of amides is 1. The van der Waals surface area contributed by atoms with Crippen molar-refractivity contribution < 1.29 is 17.6 Å². The van der Waals surface area contributed by atoms with Crippen molar-refractivity contribution in [2.24, 2.45) is 0 Å². The normalized spacial score (nSPS) is 15.8. The van der Waals surface area contributed by atoms with Crippen LogP contribution < -0.4 is 0 Å². The zero-order valence-corrected chi connectivity index (χ0v) is 19.3. The first-order valence-electron chi connectivity index (χ1n) is 9.48. The lowest BCUT2D eigenvalue weighted by Gasteiger charge is -2.16. The zero-order chi connectivity index (χ0) is 22.4. The van der Waals surface area contributed by atoms with Crippen molar-refractivity contribution in [2.45, 2.75) is 19.4 Å². The Balaban J connectivity index is 1.67. The number of hydrogen-bond acceptors (Lipinski definition) is 7. The van der Waals surface area contributed by atoms with E-state index >= 15 is 0 Å². The van der Waals surface area contributed by atoms with E-state index in [0.29, 0.717) is 33.7 Å². The predicted octanol–water partition coefficient (Wildman–Crippen LogP) is 3.40. The number of furan rings is 1. The van der Waals surface area contributed by atoms with Crippen LogP contribution in [0.2, 0.25) is 0 Å². The molecule has 0 aliphatic carbocycles. The van der Waals surface area contributed by atoms with Crippen LogP contribution in [0.15, 0.2) is 51.8 Å². The van der Waals surface area contributed by atoms with E-state index in [1.807, 2.05) is 36.4 Å². The molecule has 0 N–H and O–H groups in total. The van der Waals surface area contributed by atoms with Crippen LogP contribution in [-0.2, 0) is 27.8 Å². The molecule has 0 saturated carbocycles. The standard InChI is InChI=1S/C21H21N3O4S3/c1-31(26,27)23(12-5-11-22)15-18-9-8-17(28-18)14-19-20(25)24(21(29)30-19)13-10-16-6-3-2-4-7-16/h2-4,6-9,14H,5,10,12-13,15H2,1H3/b19-14-. The summed E-state index contributed by atoms with van der Waals surface area (Å²) in [5.74, 6) is 0.692. The molecule has 0 spiro atoms. The Morgan fingerprint density at radius 3 is 2.68 bits per heavy atom. The highest BCUT2D eigenvalue weighted by Gasteiger charge is 2.32. The summed E-state index contributed by atoms with van der Waals surface area (Å²) < 4.78 is 31.2. The zero-order valence-electron chi connectivity index (χ0n) is 16.9. The number of carbonyl (C=O) groups excluding carboxylic acids is 1. The number of rotatable bonds is 9. The lowest BCUT2D eigenvalue weighted by molar-refractivity contribution is -0.122. The molecule has 162 valence electrons. The SMILES string of the molecule is CS(=O)(=O)N(CCC#N)Cc1ccc(/C=C2\SC(=S)N(CCc3ccccc3)C2=O)o1. The van der Waals surface area contributed by atoms with Crippen molar-refractivity contribution in [1.29, 1.82) is 5.26 Å². The summed E-state index contributed by atoms with van der Waals surface area (Å²) in [7, 11) is -3.48. The lowest BCUT2D eigenvalue weighted by atomic mass is 10.1. The van der Waals surface area contributed by atoms with Gasteiger partial charge in [-0.2, -0.15) is 9.57 Å². The van der Waals surface area contributed by atoms with E-state index in [9.17, 15) is 13.2 Å². The molecule has 31 heavy (non-hydrogen) atoms. The largest absolute Gasteiger partial charge is 0.460 e. The van der Waals surface area contributed by atoms with E-state index in [0.717, 1.165) is 11.8 Å². The smallest absolute Gasteiger partial charge is 0.266 e. The van der Waals surface area contributed by atoms with Gasteiger partial charge in [-0.25, -0.2) is 8.42 Å². The first kappa shape index (κ1) is 23.2.